The Morgan fingerprint density at radius 3 is 2.53 bits per heavy atom. The first kappa shape index (κ1) is 26.5. The number of fused-ring (bicyclic) bond motifs is 1. The topological polar surface area (TPSA) is 64.0 Å². The normalized spacial score (nSPS) is 17.8. The lowest BCUT2D eigenvalue weighted by Crippen LogP contribution is -2.52. The van der Waals surface area contributed by atoms with Crippen molar-refractivity contribution in [3.05, 3.63) is 81.5 Å². The van der Waals surface area contributed by atoms with E-state index in [4.69, 9.17) is 21.1 Å². The van der Waals surface area contributed by atoms with E-state index in [9.17, 15) is 9.59 Å². The van der Waals surface area contributed by atoms with Crippen molar-refractivity contribution in [2.24, 2.45) is 7.05 Å². The van der Waals surface area contributed by atoms with Crippen molar-refractivity contribution in [1.29, 1.82) is 0 Å². The number of amides is 1. The van der Waals surface area contributed by atoms with Crippen molar-refractivity contribution in [3.63, 3.8) is 0 Å². The van der Waals surface area contributed by atoms with Gasteiger partial charge in [-0.15, -0.1) is 0 Å². The number of morpholine rings is 1. The van der Waals surface area contributed by atoms with Crippen LogP contribution in [-0.4, -0.2) is 71.7 Å². The fraction of sp³-hybridized carbons (Fsp3) is 0.400. The summed E-state index contributed by atoms with van der Waals surface area (Å²) in [7, 11) is 1.89. The van der Waals surface area contributed by atoms with Crippen LogP contribution in [0.15, 0.2) is 48.5 Å². The summed E-state index contributed by atoms with van der Waals surface area (Å²) in [5, 5.41) is 0.530. The number of carbonyl (C=O) groups is 2. The van der Waals surface area contributed by atoms with Gasteiger partial charge in [-0.3, -0.25) is 9.69 Å². The Labute approximate surface area is 228 Å². The van der Waals surface area contributed by atoms with Gasteiger partial charge in [-0.25, -0.2) is 4.79 Å². The number of carbonyl (C=O) groups excluding carboxylic acids is 2. The Morgan fingerprint density at radius 2 is 1.79 bits per heavy atom. The maximum Gasteiger partial charge on any atom is 0.339 e. The van der Waals surface area contributed by atoms with Gasteiger partial charge in [0.1, 0.15) is 0 Å². The summed E-state index contributed by atoms with van der Waals surface area (Å²) in [6.45, 7) is 8.47. The minimum Gasteiger partial charge on any atom is -0.462 e. The van der Waals surface area contributed by atoms with Crippen molar-refractivity contribution in [2.75, 3.05) is 39.5 Å². The molecular formula is C30H34ClN3O4. The van der Waals surface area contributed by atoms with Gasteiger partial charge in [0.05, 0.1) is 25.4 Å². The number of rotatable bonds is 6. The number of halogens is 1. The summed E-state index contributed by atoms with van der Waals surface area (Å²) < 4.78 is 12.7. The lowest BCUT2D eigenvalue weighted by atomic mass is 9.92. The molecule has 5 rings (SSSR count). The van der Waals surface area contributed by atoms with Crippen molar-refractivity contribution < 1.29 is 19.1 Å². The molecule has 1 fully saturated rings. The Kier molecular flexibility index (Phi) is 7.88. The average Bonchev–Trinajstić information content (AvgIpc) is 3.22. The average molecular weight is 536 g/mol. The number of benzene rings is 2. The van der Waals surface area contributed by atoms with E-state index < -0.39 is 0 Å². The third-order valence-corrected chi connectivity index (χ3v) is 7.94. The van der Waals surface area contributed by atoms with Crippen LogP contribution in [-0.2, 0) is 29.5 Å². The fourth-order valence-corrected chi connectivity index (χ4v) is 5.69. The molecule has 0 bridgehead atoms. The summed E-state index contributed by atoms with van der Waals surface area (Å²) in [4.78, 5) is 31.3. The smallest absolute Gasteiger partial charge is 0.339 e. The second kappa shape index (κ2) is 11.3. The van der Waals surface area contributed by atoms with Crippen LogP contribution in [0.2, 0.25) is 5.02 Å². The molecule has 0 saturated carbocycles. The highest BCUT2D eigenvalue weighted by molar-refractivity contribution is 6.31. The summed E-state index contributed by atoms with van der Waals surface area (Å²) >= 11 is 6.45. The van der Waals surface area contributed by atoms with Gasteiger partial charge in [-0.1, -0.05) is 35.9 Å². The lowest BCUT2D eigenvalue weighted by Gasteiger charge is -2.40. The zero-order valence-corrected chi connectivity index (χ0v) is 23.0. The van der Waals surface area contributed by atoms with Crippen LogP contribution in [0.1, 0.15) is 44.5 Å². The van der Waals surface area contributed by atoms with Crippen LogP contribution in [0, 0.1) is 6.92 Å². The Bertz CT molecular complexity index is 1350. The van der Waals surface area contributed by atoms with Gasteiger partial charge < -0.3 is 18.9 Å². The van der Waals surface area contributed by atoms with E-state index in [1.165, 1.54) is 11.1 Å². The van der Waals surface area contributed by atoms with E-state index >= 15 is 0 Å². The second-order valence-corrected chi connectivity index (χ2v) is 10.4. The summed E-state index contributed by atoms with van der Waals surface area (Å²) in [5.41, 5.74) is 5.74. The summed E-state index contributed by atoms with van der Waals surface area (Å²) in [5.74, 6) is -0.416. The number of nitrogens with zero attached hydrogens (tertiary/aromatic N) is 3. The third kappa shape index (κ3) is 5.23. The van der Waals surface area contributed by atoms with E-state index in [0.717, 1.165) is 37.4 Å². The van der Waals surface area contributed by atoms with Crippen molar-refractivity contribution in [1.82, 2.24) is 14.4 Å². The molecule has 7 nitrogen and oxygen atoms in total. The van der Waals surface area contributed by atoms with E-state index in [-0.39, 0.29) is 17.9 Å². The van der Waals surface area contributed by atoms with Crippen molar-refractivity contribution >= 4 is 23.5 Å². The molecule has 2 aliphatic heterocycles. The highest BCUT2D eigenvalue weighted by Gasteiger charge is 2.33. The monoisotopic (exact) mass is 535 g/mol. The molecule has 1 atom stereocenters. The molecule has 0 unspecified atom stereocenters. The molecule has 2 aromatic carbocycles. The predicted molar refractivity (Wildman–Crippen MR) is 148 cm³/mol. The molecule has 2 aliphatic rings. The maximum atomic E-state index is 14.3. The van der Waals surface area contributed by atoms with Crippen LogP contribution in [0.25, 0.3) is 11.3 Å². The third-order valence-electron chi connectivity index (χ3n) is 7.71. The molecule has 0 spiro atoms. The molecule has 1 saturated heterocycles. The molecule has 0 N–H and O–H groups in total. The molecule has 200 valence electrons. The van der Waals surface area contributed by atoms with Gasteiger partial charge in [-0.05, 0) is 55.7 Å². The molecule has 0 radical (unpaired) electrons. The quantitative estimate of drug-likeness (QED) is 0.427. The fourth-order valence-electron chi connectivity index (χ4n) is 5.51. The number of ether oxygens (including phenoxy) is 2. The van der Waals surface area contributed by atoms with E-state index in [2.05, 4.69) is 23.1 Å². The molecule has 3 heterocycles. The standard InChI is InChI=1S/C30H34ClN3O4/c1-4-38-30(36)26-17-28(32(3)20(26)2)27-16-23(31)9-10-25(27)29(35)34-18-22-8-6-5-7-21(22)15-24(34)19-33-11-13-37-14-12-33/h5-10,16-17,24H,4,11-15,18-19H2,1-3H3/t24-/m0/s1. The van der Waals surface area contributed by atoms with Gasteiger partial charge in [0.2, 0.25) is 0 Å². The first-order valence-electron chi connectivity index (χ1n) is 13.2. The molecule has 1 amide bonds. The van der Waals surface area contributed by atoms with Crippen molar-refractivity contribution in [2.45, 2.75) is 32.9 Å². The largest absolute Gasteiger partial charge is 0.462 e. The summed E-state index contributed by atoms with van der Waals surface area (Å²) in [6.07, 6.45) is 0.804. The summed E-state index contributed by atoms with van der Waals surface area (Å²) in [6, 6.07) is 15.6. The van der Waals surface area contributed by atoms with Gasteiger partial charge in [0.15, 0.2) is 0 Å². The molecular weight excluding hydrogens is 502 g/mol. The first-order chi connectivity index (χ1) is 18.4. The Hall–Kier alpha value is -3.13. The van der Waals surface area contributed by atoms with Gasteiger partial charge in [-0.2, -0.15) is 0 Å². The number of esters is 1. The SMILES string of the molecule is CCOC(=O)c1cc(-c2cc(Cl)ccc2C(=O)N2Cc3ccccc3C[C@H]2CN2CCOCC2)n(C)c1C. The van der Waals surface area contributed by atoms with Crippen LogP contribution < -0.4 is 0 Å². The highest BCUT2D eigenvalue weighted by atomic mass is 35.5. The predicted octanol–water partition coefficient (Wildman–Crippen LogP) is 4.73. The van der Waals surface area contributed by atoms with Crippen LogP contribution in [0.3, 0.4) is 0 Å². The van der Waals surface area contributed by atoms with Gasteiger partial charge in [0.25, 0.3) is 5.91 Å². The number of aromatic nitrogens is 1. The van der Waals surface area contributed by atoms with Crippen LogP contribution >= 0.6 is 11.6 Å². The molecule has 1 aromatic heterocycles. The van der Waals surface area contributed by atoms with E-state index in [1.54, 1.807) is 25.1 Å². The van der Waals surface area contributed by atoms with Gasteiger partial charge >= 0.3 is 5.97 Å². The molecule has 8 heteroatoms. The lowest BCUT2D eigenvalue weighted by molar-refractivity contribution is 0.0193. The van der Waals surface area contributed by atoms with Crippen LogP contribution in [0.5, 0.6) is 0 Å². The maximum absolute atomic E-state index is 14.3. The zero-order valence-electron chi connectivity index (χ0n) is 22.2. The Balaban J connectivity index is 1.53. The number of hydrogen-bond acceptors (Lipinski definition) is 5. The van der Waals surface area contributed by atoms with E-state index in [0.29, 0.717) is 48.1 Å². The molecule has 38 heavy (non-hydrogen) atoms. The zero-order chi connectivity index (χ0) is 26.8. The van der Waals surface area contributed by atoms with Gasteiger partial charge in [0, 0.05) is 66.8 Å². The minimum absolute atomic E-state index is 0.0317. The minimum atomic E-state index is -0.375. The first-order valence-corrected chi connectivity index (χ1v) is 13.6. The second-order valence-electron chi connectivity index (χ2n) is 9.97. The van der Waals surface area contributed by atoms with E-state index in [1.807, 2.05) is 35.6 Å². The number of hydrogen-bond donors (Lipinski definition) is 0. The van der Waals surface area contributed by atoms with Crippen molar-refractivity contribution in [3.8, 4) is 11.3 Å². The Morgan fingerprint density at radius 1 is 1.05 bits per heavy atom. The molecule has 0 aliphatic carbocycles. The van der Waals surface area contributed by atoms with Crippen LogP contribution in [0.4, 0.5) is 0 Å². The highest BCUT2D eigenvalue weighted by Crippen LogP contribution is 2.33. The molecule has 3 aromatic rings.